The van der Waals surface area contributed by atoms with Gasteiger partial charge in [-0.25, -0.2) is 5.43 Å². The van der Waals surface area contributed by atoms with Gasteiger partial charge in [0, 0.05) is 29.1 Å². The summed E-state index contributed by atoms with van der Waals surface area (Å²) in [6, 6.07) is 35.2. The van der Waals surface area contributed by atoms with Gasteiger partial charge >= 0.3 is 0 Å². The van der Waals surface area contributed by atoms with Crippen LogP contribution in [-0.4, -0.2) is 21.6 Å². The van der Waals surface area contributed by atoms with Crippen LogP contribution in [0.25, 0.3) is 16.9 Å². The molecule has 198 valence electrons. The van der Waals surface area contributed by atoms with Crippen LogP contribution in [0.1, 0.15) is 27.2 Å². The molecule has 0 saturated heterocycles. The van der Waals surface area contributed by atoms with Gasteiger partial charge in [-0.2, -0.15) is 5.10 Å². The summed E-state index contributed by atoms with van der Waals surface area (Å²) in [6.45, 7) is 2.34. The van der Waals surface area contributed by atoms with E-state index in [-0.39, 0.29) is 18.2 Å². The fraction of sp³-hybridized carbons (Fsp3) is 0.0625. The quantitative estimate of drug-likeness (QED) is 0.130. The van der Waals surface area contributed by atoms with Gasteiger partial charge in [0.25, 0.3) is 11.6 Å². The molecule has 0 aliphatic rings. The number of hydrogen-bond acceptors (Lipinski definition) is 5. The van der Waals surface area contributed by atoms with E-state index in [1.54, 1.807) is 42.6 Å². The molecule has 40 heavy (non-hydrogen) atoms. The lowest BCUT2D eigenvalue weighted by Crippen LogP contribution is -2.17. The van der Waals surface area contributed by atoms with Crippen molar-refractivity contribution in [3.8, 4) is 22.7 Å². The SMILES string of the molecule is Cc1ccc(-c2ccccc2)n1-c1ccc(C(=O)N/N=C/c2ccc(OCc3ccc([N+](=O)[O-])cc3)cc2)cc1. The standard InChI is InChI=1S/C32H26N4O4/c1-23-7-20-31(26-5-3-2-4-6-26)35(23)28-16-12-27(13-17-28)32(37)34-33-21-24-10-18-30(19-11-24)40-22-25-8-14-29(15-9-25)36(38)39/h2-21H,22H2,1H3,(H,34,37)/b33-21+. The number of rotatable bonds is 9. The van der Waals surface area contributed by atoms with Gasteiger partial charge in [-0.05, 0) is 96.4 Å². The maximum absolute atomic E-state index is 12.6. The third-order valence-corrected chi connectivity index (χ3v) is 6.35. The zero-order chi connectivity index (χ0) is 27.9. The summed E-state index contributed by atoms with van der Waals surface area (Å²) in [4.78, 5) is 23.0. The Morgan fingerprint density at radius 2 is 1.60 bits per heavy atom. The molecule has 1 amide bonds. The normalized spacial score (nSPS) is 10.9. The minimum absolute atomic E-state index is 0.0425. The van der Waals surface area contributed by atoms with Crippen LogP contribution in [0.3, 0.4) is 0 Å². The molecule has 0 fully saturated rings. The highest BCUT2D eigenvalue weighted by atomic mass is 16.6. The molecule has 1 aromatic heterocycles. The Morgan fingerprint density at radius 1 is 0.900 bits per heavy atom. The number of aromatic nitrogens is 1. The number of non-ortho nitro benzene ring substituents is 1. The molecule has 0 unspecified atom stereocenters. The number of carbonyl (C=O) groups excluding carboxylic acids is 1. The number of nitrogens with zero attached hydrogens (tertiary/aromatic N) is 3. The fourth-order valence-electron chi connectivity index (χ4n) is 4.24. The molecule has 5 rings (SSSR count). The number of hydrogen-bond donors (Lipinski definition) is 1. The van der Waals surface area contributed by atoms with Gasteiger partial charge in [0.1, 0.15) is 12.4 Å². The third kappa shape index (κ3) is 6.14. The highest BCUT2D eigenvalue weighted by Crippen LogP contribution is 2.26. The molecule has 0 atom stereocenters. The van der Waals surface area contributed by atoms with E-state index in [1.807, 2.05) is 42.5 Å². The van der Waals surface area contributed by atoms with E-state index in [4.69, 9.17) is 4.74 Å². The Kier molecular flexibility index (Phi) is 7.78. The van der Waals surface area contributed by atoms with Gasteiger partial charge in [0.15, 0.2) is 0 Å². The first kappa shape index (κ1) is 26.1. The Bertz CT molecular complexity index is 1640. The zero-order valence-corrected chi connectivity index (χ0v) is 21.7. The molecule has 5 aromatic rings. The second kappa shape index (κ2) is 11.9. The Hall–Kier alpha value is -5.50. The Labute approximate surface area is 231 Å². The van der Waals surface area contributed by atoms with Crippen molar-refractivity contribution in [2.75, 3.05) is 0 Å². The Morgan fingerprint density at radius 3 is 2.27 bits per heavy atom. The zero-order valence-electron chi connectivity index (χ0n) is 21.7. The molecule has 4 aromatic carbocycles. The minimum Gasteiger partial charge on any atom is -0.489 e. The van der Waals surface area contributed by atoms with Crippen molar-refractivity contribution in [2.45, 2.75) is 13.5 Å². The third-order valence-electron chi connectivity index (χ3n) is 6.35. The Balaban J connectivity index is 1.16. The lowest BCUT2D eigenvalue weighted by molar-refractivity contribution is -0.384. The highest BCUT2D eigenvalue weighted by Gasteiger charge is 2.11. The second-order valence-electron chi connectivity index (χ2n) is 9.09. The van der Waals surface area contributed by atoms with Gasteiger partial charge in [0.05, 0.1) is 16.8 Å². The monoisotopic (exact) mass is 530 g/mol. The maximum Gasteiger partial charge on any atom is 0.271 e. The average Bonchev–Trinajstić information content (AvgIpc) is 3.38. The molecular weight excluding hydrogens is 504 g/mol. The number of carbonyl (C=O) groups is 1. The molecule has 0 spiro atoms. The van der Waals surface area contributed by atoms with Crippen molar-refractivity contribution in [3.05, 3.63) is 148 Å². The van der Waals surface area contributed by atoms with Crippen molar-refractivity contribution >= 4 is 17.8 Å². The van der Waals surface area contributed by atoms with Crippen molar-refractivity contribution in [2.24, 2.45) is 5.10 Å². The predicted molar refractivity (Wildman–Crippen MR) is 155 cm³/mol. The molecule has 1 heterocycles. The summed E-state index contributed by atoms with van der Waals surface area (Å²) >= 11 is 0. The molecule has 8 heteroatoms. The molecule has 0 saturated carbocycles. The summed E-state index contributed by atoms with van der Waals surface area (Å²) in [5.41, 5.74) is 9.00. The maximum atomic E-state index is 12.6. The highest BCUT2D eigenvalue weighted by molar-refractivity contribution is 5.95. The molecule has 8 nitrogen and oxygen atoms in total. The van der Waals surface area contributed by atoms with Crippen LogP contribution in [-0.2, 0) is 6.61 Å². The summed E-state index contributed by atoms with van der Waals surface area (Å²) < 4.78 is 7.90. The lowest BCUT2D eigenvalue weighted by atomic mass is 10.1. The van der Waals surface area contributed by atoms with Crippen LogP contribution in [0.4, 0.5) is 5.69 Å². The smallest absolute Gasteiger partial charge is 0.271 e. The fourth-order valence-corrected chi connectivity index (χ4v) is 4.24. The van der Waals surface area contributed by atoms with Crippen molar-refractivity contribution in [1.82, 2.24) is 9.99 Å². The van der Waals surface area contributed by atoms with Gasteiger partial charge < -0.3 is 9.30 Å². The second-order valence-corrected chi connectivity index (χ2v) is 9.09. The van der Waals surface area contributed by atoms with E-state index < -0.39 is 4.92 Å². The summed E-state index contributed by atoms with van der Waals surface area (Å²) in [6.07, 6.45) is 1.56. The first-order valence-electron chi connectivity index (χ1n) is 12.6. The van der Waals surface area contributed by atoms with Gasteiger partial charge in [-0.15, -0.1) is 0 Å². The van der Waals surface area contributed by atoms with E-state index in [9.17, 15) is 14.9 Å². The van der Waals surface area contributed by atoms with E-state index in [0.717, 1.165) is 33.8 Å². The van der Waals surface area contributed by atoms with Crippen LogP contribution in [0.15, 0.2) is 120 Å². The van der Waals surface area contributed by atoms with Gasteiger partial charge in [-0.1, -0.05) is 30.3 Å². The molecule has 0 aliphatic heterocycles. The first-order valence-corrected chi connectivity index (χ1v) is 12.6. The minimum atomic E-state index is -0.434. The number of aryl methyl sites for hydroxylation is 1. The van der Waals surface area contributed by atoms with Gasteiger partial charge in [0.2, 0.25) is 0 Å². The molecule has 0 radical (unpaired) electrons. The topological polar surface area (TPSA) is 98.8 Å². The van der Waals surface area contributed by atoms with Crippen LogP contribution < -0.4 is 10.2 Å². The number of nitro benzene ring substituents is 1. The van der Waals surface area contributed by atoms with E-state index in [1.165, 1.54) is 12.1 Å². The van der Waals surface area contributed by atoms with E-state index in [2.05, 4.69) is 46.3 Å². The molecule has 1 N–H and O–H groups in total. The summed E-state index contributed by atoms with van der Waals surface area (Å²) in [7, 11) is 0. The van der Waals surface area contributed by atoms with Crippen LogP contribution >= 0.6 is 0 Å². The van der Waals surface area contributed by atoms with Crippen LogP contribution in [0, 0.1) is 17.0 Å². The average molecular weight is 531 g/mol. The summed E-state index contributed by atoms with van der Waals surface area (Å²) in [5.74, 6) is 0.339. The van der Waals surface area contributed by atoms with Crippen LogP contribution in [0.2, 0.25) is 0 Å². The number of ether oxygens (including phenoxy) is 1. The molecule has 0 aliphatic carbocycles. The van der Waals surface area contributed by atoms with Crippen LogP contribution in [0.5, 0.6) is 5.75 Å². The largest absolute Gasteiger partial charge is 0.489 e. The number of amides is 1. The summed E-state index contributed by atoms with van der Waals surface area (Å²) in [5, 5.41) is 14.8. The van der Waals surface area contributed by atoms with Gasteiger partial charge in [-0.3, -0.25) is 14.9 Å². The number of nitro groups is 1. The number of benzene rings is 4. The lowest BCUT2D eigenvalue weighted by Gasteiger charge is -2.12. The van der Waals surface area contributed by atoms with Crippen molar-refractivity contribution < 1.29 is 14.5 Å². The van der Waals surface area contributed by atoms with E-state index in [0.29, 0.717) is 11.3 Å². The molecule has 0 bridgehead atoms. The predicted octanol–water partition coefficient (Wildman–Crippen LogP) is 6.70. The van der Waals surface area contributed by atoms with E-state index >= 15 is 0 Å². The first-order chi connectivity index (χ1) is 19.5. The van der Waals surface area contributed by atoms with Crippen molar-refractivity contribution in [3.63, 3.8) is 0 Å². The van der Waals surface area contributed by atoms with Crippen molar-refractivity contribution in [1.29, 1.82) is 0 Å². The number of hydrazone groups is 1. The number of nitrogens with one attached hydrogen (secondary N) is 1. The molecular formula is C32H26N4O4.